The Hall–Kier alpha value is -2.51. The molecule has 0 saturated carbocycles. The van der Waals surface area contributed by atoms with Gasteiger partial charge in [0, 0.05) is 44.0 Å². The molecule has 3 aromatic rings. The number of hydrogen-bond acceptors (Lipinski definition) is 4. The van der Waals surface area contributed by atoms with Crippen LogP contribution in [-0.2, 0) is 13.2 Å². The third-order valence-corrected chi connectivity index (χ3v) is 5.98. The summed E-state index contributed by atoms with van der Waals surface area (Å²) in [6.45, 7) is 9.44. The molecule has 1 saturated heterocycles. The Morgan fingerprint density at radius 2 is 1.77 bits per heavy atom. The normalized spacial score (nSPS) is 15.0. The van der Waals surface area contributed by atoms with Crippen molar-refractivity contribution >= 4 is 17.9 Å². The monoisotopic (exact) mass is 425 g/mol. The molecule has 1 aromatic heterocycles. The van der Waals surface area contributed by atoms with Crippen LogP contribution < -0.4 is 4.90 Å². The second-order valence-corrected chi connectivity index (χ2v) is 8.21. The molecule has 1 aliphatic heterocycles. The molecule has 158 valence electrons. The fraction of sp³-hybridized carbons (Fsp3) is 0.391. The Labute approximate surface area is 182 Å². The highest BCUT2D eigenvalue weighted by Crippen LogP contribution is 2.21. The van der Waals surface area contributed by atoms with Crippen LogP contribution in [0.5, 0.6) is 0 Å². The van der Waals surface area contributed by atoms with E-state index in [1.54, 1.807) is 0 Å². The van der Waals surface area contributed by atoms with Crippen molar-refractivity contribution in [2.45, 2.75) is 33.5 Å². The first-order valence-corrected chi connectivity index (χ1v) is 10.9. The van der Waals surface area contributed by atoms with E-state index in [9.17, 15) is 4.39 Å². The maximum atomic E-state index is 13.2. The molecule has 0 aliphatic carbocycles. The lowest BCUT2D eigenvalue weighted by atomic mass is 10.1. The quantitative estimate of drug-likeness (QED) is 0.535. The highest BCUT2D eigenvalue weighted by Gasteiger charge is 2.20. The molecule has 1 fully saturated rings. The summed E-state index contributed by atoms with van der Waals surface area (Å²) in [5.41, 5.74) is 3.39. The summed E-state index contributed by atoms with van der Waals surface area (Å²) in [4.78, 5) is 4.67. The molecule has 5 nitrogen and oxygen atoms in total. The Balaban J connectivity index is 1.49. The van der Waals surface area contributed by atoms with Gasteiger partial charge in [0.2, 0.25) is 0 Å². The minimum absolute atomic E-state index is 0.196. The van der Waals surface area contributed by atoms with Gasteiger partial charge >= 0.3 is 0 Å². The molecule has 0 bridgehead atoms. The summed E-state index contributed by atoms with van der Waals surface area (Å²) in [6.07, 6.45) is 1.01. The zero-order valence-electron chi connectivity index (χ0n) is 17.6. The van der Waals surface area contributed by atoms with Crippen LogP contribution in [0.2, 0.25) is 0 Å². The van der Waals surface area contributed by atoms with Crippen molar-refractivity contribution < 1.29 is 4.39 Å². The van der Waals surface area contributed by atoms with Crippen molar-refractivity contribution in [2.75, 3.05) is 31.1 Å². The molecule has 2 aromatic carbocycles. The van der Waals surface area contributed by atoms with Crippen LogP contribution in [0.25, 0.3) is 11.4 Å². The van der Waals surface area contributed by atoms with E-state index >= 15 is 0 Å². The number of piperazine rings is 1. The number of benzene rings is 2. The highest BCUT2D eigenvalue weighted by molar-refractivity contribution is 7.71. The van der Waals surface area contributed by atoms with Crippen molar-refractivity contribution in [2.24, 2.45) is 0 Å². The standard InChI is InChI=1S/C23H28FN5S/c1-3-11-28-22(19-6-4-5-18(2)16-19)25-29(23(28)30)17-26-12-14-27(15-13-26)21-9-7-20(24)8-10-21/h4-10,16H,3,11-15,17H2,1-2H3. The second kappa shape index (κ2) is 9.10. The summed E-state index contributed by atoms with van der Waals surface area (Å²) in [7, 11) is 0. The number of nitrogens with zero attached hydrogens (tertiary/aromatic N) is 5. The van der Waals surface area contributed by atoms with Crippen LogP contribution in [-0.4, -0.2) is 45.4 Å². The summed E-state index contributed by atoms with van der Waals surface area (Å²) in [5, 5.41) is 4.90. The fourth-order valence-corrected chi connectivity index (χ4v) is 4.22. The number of hydrogen-bond donors (Lipinski definition) is 0. The van der Waals surface area contributed by atoms with E-state index in [0.717, 1.165) is 61.0 Å². The van der Waals surface area contributed by atoms with E-state index in [1.165, 1.54) is 17.7 Å². The molecule has 4 rings (SSSR count). The van der Waals surface area contributed by atoms with Gasteiger partial charge in [-0.25, -0.2) is 9.07 Å². The molecule has 0 amide bonds. The highest BCUT2D eigenvalue weighted by atomic mass is 32.1. The van der Waals surface area contributed by atoms with E-state index in [4.69, 9.17) is 17.3 Å². The molecule has 1 aliphatic rings. The summed E-state index contributed by atoms with van der Waals surface area (Å²) < 4.78 is 18.1. The van der Waals surface area contributed by atoms with E-state index in [-0.39, 0.29) is 5.82 Å². The predicted molar refractivity (Wildman–Crippen MR) is 122 cm³/mol. The summed E-state index contributed by atoms with van der Waals surface area (Å²) in [6, 6.07) is 15.2. The van der Waals surface area contributed by atoms with Gasteiger partial charge in [-0.05, 0) is 55.9 Å². The Morgan fingerprint density at radius 3 is 2.43 bits per heavy atom. The minimum Gasteiger partial charge on any atom is -0.369 e. The smallest absolute Gasteiger partial charge is 0.199 e. The first-order chi connectivity index (χ1) is 14.5. The average Bonchev–Trinajstić information content (AvgIpc) is 3.05. The van der Waals surface area contributed by atoms with Gasteiger partial charge in [0.1, 0.15) is 5.82 Å². The molecule has 0 spiro atoms. The minimum atomic E-state index is -0.196. The van der Waals surface area contributed by atoms with Gasteiger partial charge in [-0.15, -0.1) is 0 Å². The molecule has 2 heterocycles. The first kappa shape index (κ1) is 20.8. The largest absolute Gasteiger partial charge is 0.369 e. The number of rotatable bonds is 6. The first-order valence-electron chi connectivity index (χ1n) is 10.5. The zero-order valence-corrected chi connectivity index (χ0v) is 18.4. The predicted octanol–water partition coefficient (Wildman–Crippen LogP) is 4.72. The van der Waals surface area contributed by atoms with Crippen molar-refractivity contribution in [3.8, 4) is 11.4 Å². The molecular formula is C23H28FN5S. The summed E-state index contributed by atoms with van der Waals surface area (Å²) in [5.74, 6) is 0.745. The maximum Gasteiger partial charge on any atom is 0.199 e. The number of aromatic nitrogens is 3. The van der Waals surface area contributed by atoms with E-state index in [1.807, 2.05) is 16.8 Å². The van der Waals surface area contributed by atoms with Crippen LogP contribution in [0.1, 0.15) is 18.9 Å². The topological polar surface area (TPSA) is 29.2 Å². The van der Waals surface area contributed by atoms with Gasteiger partial charge in [0.05, 0.1) is 6.67 Å². The van der Waals surface area contributed by atoms with Crippen LogP contribution in [0, 0.1) is 17.5 Å². The third-order valence-electron chi connectivity index (χ3n) is 5.54. The van der Waals surface area contributed by atoms with Gasteiger partial charge < -0.3 is 4.90 Å². The zero-order chi connectivity index (χ0) is 21.1. The molecule has 7 heteroatoms. The third kappa shape index (κ3) is 4.47. The molecule has 0 radical (unpaired) electrons. The molecule has 0 unspecified atom stereocenters. The van der Waals surface area contributed by atoms with Crippen LogP contribution in [0.15, 0.2) is 48.5 Å². The summed E-state index contributed by atoms with van der Waals surface area (Å²) >= 11 is 5.78. The van der Waals surface area contributed by atoms with Gasteiger partial charge in [0.15, 0.2) is 10.6 Å². The number of halogens is 1. The maximum absolute atomic E-state index is 13.2. The fourth-order valence-electron chi connectivity index (χ4n) is 3.94. The Bertz CT molecular complexity index is 1050. The van der Waals surface area contributed by atoms with E-state index in [2.05, 4.69) is 52.5 Å². The number of anilines is 1. The van der Waals surface area contributed by atoms with Gasteiger partial charge in [-0.2, -0.15) is 5.10 Å². The Morgan fingerprint density at radius 1 is 1.03 bits per heavy atom. The SMILES string of the molecule is CCCn1c(-c2cccc(C)c2)nn(CN2CCN(c3ccc(F)cc3)CC2)c1=S. The van der Waals surface area contributed by atoms with Crippen LogP contribution in [0.3, 0.4) is 0 Å². The van der Waals surface area contributed by atoms with Gasteiger partial charge in [-0.3, -0.25) is 9.47 Å². The average molecular weight is 426 g/mol. The van der Waals surface area contributed by atoms with Crippen molar-refractivity contribution in [3.05, 3.63) is 64.7 Å². The van der Waals surface area contributed by atoms with Crippen molar-refractivity contribution in [3.63, 3.8) is 0 Å². The van der Waals surface area contributed by atoms with Gasteiger partial charge in [0.25, 0.3) is 0 Å². The van der Waals surface area contributed by atoms with E-state index in [0.29, 0.717) is 6.67 Å². The lowest BCUT2D eigenvalue weighted by Gasteiger charge is -2.35. The second-order valence-electron chi connectivity index (χ2n) is 7.85. The van der Waals surface area contributed by atoms with Crippen molar-refractivity contribution in [1.29, 1.82) is 0 Å². The van der Waals surface area contributed by atoms with Gasteiger partial charge in [-0.1, -0.05) is 30.7 Å². The molecule has 0 atom stereocenters. The molecule has 0 N–H and O–H groups in total. The number of aryl methyl sites for hydroxylation is 1. The molecule has 30 heavy (non-hydrogen) atoms. The lowest BCUT2D eigenvalue weighted by molar-refractivity contribution is 0.194. The van der Waals surface area contributed by atoms with Crippen LogP contribution in [0.4, 0.5) is 10.1 Å². The van der Waals surface area contributed by atoms with E-state index < -0.39 is 0 Å². The lowest BCUT2D eigenvalue weighted by Crippen LogP contribution is -2.47. The molecular weight excluding hydrogens is 397 g/mol. The van der Waals surface area contributed by atoms with Crippen molar-refractivity contribution in [1.82, 2.24) is 19.2 Å². The Kier molecular flexibility index (Phi) is 6.29. The van der Waals surface area contributed by atoms with Crippen LogP contribution >= 0.6 is 12.2 Å².